The maximum atomic E-state index is 10.2. The number of hydrogen-bond donors (Lipinski definition) is 0. The topological polar surface area (TPSA) is 55.5 Å². The van der Waals surface area contributed by atoms with E-state index in [2.05, 4.69) is 26.1 Å². The van der Waals surface area contributed by atoms with Crippen LogP contribution in [0.25, 0.3) is 11.3 Å². The van der Waals surface area contributed by atoms with E-state index >= 15 is 0 Å². The van der Waals surface area contributed by atoms with Crippen LogP contribution in [0.15, 0.2) is 44.5 Å². The summed E-state index contributed by atoms with van der Waals surface area (Å²) < 4.78 is 5.93. The molecule has 2 rings (SSSR count). The molecule has 0 N–H and O–H groups in total. The molecule has 0 atom stereocenters. The van der Waals surface area contributed by atoms with Gasteiger partial charge >= 0.3 is 0 Å². The third-order valence-corrected chi connectivity index (χ3v) is 2.30. The fourth-order valence-electron chi connectivity index (χ4n) is 1.19. The monoisotopic (exact) mass is 264 g/mol. The number of benzene rings is 1. The van der Waals surface area contributed by atoms with Gasteiger partial charge in [0.15, 0.2) is 5.76 Å². The molecule has 0 unspecified atom stereocenters. The Labute approximate surface area is 93.7 Å². The van der Waals surface area contributed by atoms with Crippen molar-refractivity contribution >= 4 is 27.7 Å². The highest BCUT2D eigenvalue weighted by Gasteiger charge is 2.09. The Morgan fingerprint density at radius 1 is 1.47 bits per heavy atom. The molecule has 0 saturated heterocycles. The third-order valence-electron chi connectivity index (χ3n) is 1.80. The van der Waals surface area contributed by atoms with Crippen molar-refractivity contribution in [2.45, 2.75) is 0 Å². The first-order valence-corrected chi connectivity index (χ1v) is 4.89. The number of rotatable bonds is 2. The molecule has 15 heavy (non-hydrogen) atoms. The van der Waals surface area contributed by atoms with Crippen molar-refractivity contribution in [2.24, 2.45) is 4.99 Å². The van der Waals surface area contributed by atoms with Crippen LogP contribution in [-0.4, -0.2) is 11.2 Å². The summed E-state index contributed by atoms with van der Waals surface area (Å²) in [4.78, 5) is 13.6. The van der Waals surface area contributed by atoms with Gasteiger partial charge in [-0.1, -0.05) is 33.2 Å². The standard InChI is InChI=1S/C10H5BrN2O2/c11-8-3-1-2-7(4-8)10-9(12-6-14)5-13-15-10/h1-5H. The molecule has 0 radical (unpaired) electrons. The Kier molecular flexibility index (Phi) is 2.76. The summed E-state index contributed by atoms with van der Waals surface area (Å²) in [5.41, 5.74) is 1.18. The average Bonchev–Trinajstić information content (AvgIpc) is 2.66. The molecule has 0 fully saturated rings. The van der Waals surface area contributed by atoms with Gasteiger partial charge in [0.05, 0.1) is 6.20 Å². The summed E-state index contributed by atoms with van der Waals surface area (Å²) >= 11 is 3.34. The normalized spacial score (nSPS) is 9.67. The maximum Gasteiger partial charge on any atom is 0.240 e. The van der Waals surface area contributed by atoms with Crippen LogP contribution in [0.4, 0.5) is 5.69 Å². The summed E-state index contributed by atoms with van der Waals surface area (Å²) in [5.74, 6) is 0.458. The Balaban J connectivity index is 2.53. The largest absolute Gasteiger partial charge is 0.354 e. The predicted molar refractivity (Wildman–Crippen MR) is 57.4 cm³/mol. The molecule has 0 aliphatic rings. The van der Waals surface area contributed by atoms with Crippen LogP contribution < -0.4 is 0 Å². The zero-order valence-electron chi connectivity index (χ0n) is 7.48. The van der Waals surface area contributed by atoms with Crippen LogP contribution in [0.2, 0.25) is 0 Å². The number of nitrogens with zero attached hydrogens (tertiary/aromatic N) is 2. The first-order valence-electron chi connectivity index (χ1n) is 4.10. The number of halogens is 1. The number of isocyanates is 1. The summed E-state index contributed by atoms with van der Waals surface area (Å²) in [6.07, 6.45) is 2.83. The van der Waals surface area contributed by atoms with E-state index in [4.69, 9.17) is 4.52 Å². The maximum absolute atomic E-state index is 10.2. The fourth-order valence-corrected chi connectivity index (χ4v) is 1.59. The highest BCUT2D eigenvalue weighted by atomic mass is 79.9. The second-order valence-electron chi connectivity index (χ2n) is 2.75. The fraction of sp³-hybridized carbons (Fsp3) is 0. The van der Waals surface area contributed by atoms with Crippen molar-refractivity contribution in [3.63, 3.8) is 0 Å². The first kappa shape index (κ1) is 9.83. The minimum Gasteiger partial charge on any atom is -0.354 e. The molecule has 0 spiro atoms. The average molecular weight is 265 g/mol. The molecule has 1 aromatic carbocycles. The second-order valence-corrected chi connectivity index (χ2v) is 3.67. The van der Waals surface area contributed by atoms with Gasteiger partial charge in [0, 0.05) is 10.0 Å². The van der Waals surface area contributed by atoms with Gasteiger partial charge in [-0.15, -0.1) is 0 Å². The molecular weight excluding hydrogens is 260 g/mol. The smallest absolute Gasteiger partial charge is 0.240 e. The van der Waals surface area contributed by atoms with Crippen LogP contribution in [0, 0.1) is 0 Å². The summed E-state index contributed by atoms with van der Waals surface area (Å²) in [7, 11) is 0. The molecule has 1 heterocycles. The van der Waals surface area contributed by atoms with Gasteiger partial charge < -0.3 is 4.52 Å². The number of aliphatic imine (C=N–C) groups is 1. The molecule has 5 heteroatoms. The minimum absolute atomic E-state index is 0.378. The molecule has 4 nitrogen and oxygen atoms in total. The predicted octanol–water partition coefficient (Wildman–Crippen LogP) is 3.07. The van der Waals surface area contributed by atoms with E-state index in [1.54, 1.807) is 0 Å². The third kappa shape index (κ3) is 2.03. The molecule has 0 saturated carbocycles. The minimum atomic E-state index is 0.378. The number of hydrogen-bond acceptors (Lipinski definition) is 4. The van der Waals surface area contributed by atoms with E-state index in [-0.39, 0.29) is 0 Å². The lowest BCUT2D eigenvalue weighted by molar-refractivity contribution is 0.432. The van der Waals surface area contributed by atoms with Crippen LogP contribution in [-0.2, 0) is 4.79 Å². The van der Waals surface area contributed by atoms with Gasteiger partial charge in [-0.25, -0.2) is 4.79 Å². The van der Waals surface area contributed by atoms with Crippen LogP contribution in [0.5, 0.6) is 0 Å². The van der Waals surface area contributed by atoms with Crippen LogP contribution in [0.3, 0.4) is 0 Å². The summed E-state index contributed by atoms with van der Waals surface area (Å²) in [5, 5.41) is 3.58. The van der Waals surface area contributed by atoms with Crippen LogP contribution >= 0.6 is 15.9 Å². The van der Waals surface area contributed by atoms with Gasteiger partial charge in [-0.05, 0) is 12.1 Å². The summed E-state index contributed by atoms with van der Waals surface area (Å²) in [6.45, 7) is 0. The Morgan fingerprint density at radius 3 is 3.07 bits per heavy atom. The zero-order chi connectivity index (χ0) is 10.7. The molecule has 0 aliphatic carbocycles. The van der Waals surface area contributed by atoms with E-state index in [0.717, 1.165) is 10.0 Å². The van der Waals surface area contributed by atoms with E-state index in [0.29, 0.717) is 11.4 Å². The van der Waals surface area contributed by atoms with E-state index in [1.807, 2.05) is 24.3 Å². The van der Waals surface area contributed by atoms with Crippen molar-refractivity contribution in [3.05, 3.63) is 34.9 Å². The van der Waals surface area contributed by atoms with Crippen LogP contribution in [0.1, 0.15) is 0 Å². The zero-order valence-corrected chi connectivity index (χ0v) is 9.06. The summed E-state index contributed by atoms with van der Waals surface area (Å²) in [6, 6.07) is 7.44. The molecular formula is C10H5BrN2O2. The quantitative estimate of drug-likeness (QED) is 0.619. The highest BCUT2D eigenvalue weighted by molar-refractivity contribution is 9.10. The van der Waals surface area contributed by atoms with Gasteiger partial charge in [-0.2, -0.15) is 4.99 Å². The lowest BCUT2D eigenvalue weighted by Crippen LogP contribution is -1.74. The molecule has 74 valence electrons. The number of carbonyl (C=O) groups excluding carboxylic acids is 1. The van der Waals surface area contributed by atoms with E-state index in [9.17, 15) is 4.79 Å². The highest BCUT2D eigenvalue weighted by Crippen LogP contribution is 2.30. The molecule has 1 aromatic heterocycles. The van der Waals surface area contributed by atoms with E-state index in [1.165, 1.54) is 12.3 Å². The lowest BCUT2D eigenvalue weighted by atomic mass is 10.1. The molecule has 0 aliphatic heterocycles. The van der Waals surface area contributed by atoms with Crippen molar-refractivity contribution in [3.8, 4) is 11.3 Å². The Bertz CT molecular complexity index is 530. The SMILES string of the molecule is O=C=Nc1cnoc1-c1cccc(Br)c1. The van der Waals surface area contributed by atoms with Gasteiger partial charge in [0.1, 0.15) is 5.69 Å². The van der Waals surface area contributed by atoms with Gasteiger partial charge in [0.2, 0.25) is 6.08 Å². The number of aromatic nitrogens is 1. The van der Waals surface area contributed by atoms with Crippen molar-refractivity contribution in [2.75, 3.05) is 0 Å². The lowest BCUT2D eigenvalue weighted by Gasteiger charge is -1.96. The molecule has 0 amide bonds. The first-order chi connectivity index (χ1) is 7.31. The van der Waals surface area contributed by atoms with Gasteiger partial charge in [-0.3, -0.25) is 0 Å². The second kappa shape index (κ2) is 4.21. The van der Waals surface area contributed by atoms with Crippen molar-refractivity contribution < 1.29 is 9.32 Å². The Morgan fingerprint density at radius 2 is 2.33 bits per heavy atom. The van der Waals surface area contributed by atoms with Crippen molar-refractivity contribution in [1.82, 2.24) is 5.16 Å². The van der Waals surface area contributed by atoms with Crippen molar-refractivity contribution in [1.29, 1.82) is 0 Å². The molecule has 2 aromatic rings. The van der Waals surface area contributed by atoms with Gasteiger partial charge in [0.25, 0.3) is 0 Å². The van der Waals surface area contributed by atoms with E-state index < -0.39 is 0 Å². The Hall–Kier alpha value is -1.71. The molecule has 0 bridgehead atoms.